The maximum atomic E-state index is 5.73. The number of hydrogen-bond acceptors (Lipinski definition) is 6. The molecule has 0 fully saturated rings. The average Bonchev–Trinajstić information content (AvgIpc) is 2.86. The molecule has 2 aromatic rings. The molecule has 0 bridgehead atoms. The van der Waals surface area contributed by atoms with Gasteiger partial charge in [0.15, 0.2) is 11.5 Å². The van der Waals surface area contributed by atoms with Gasteiger partial charge >= 0.3 is 0 Å². The number of hydrogen-bond donors (Lipinski definition) is 1. The minimum absolute atomic E-state index is 0.417. The second kappa shape index (κ2) is 6.67. The predicted octanol–water partition coefficient (Wildman–Crippen LogP) is 3.15. The summed E-state index contributed by atoms with van der Waals surface area (Å²) in [6.07, 6.45) is 0. The first-order valence-corrected chi connectivity index (χ1v) is 7.28. The van der Waals surface area contributed by atoms with Crippen LogP contribution in [0.25, 0.3) is 0 Å². The summed E-state index contributed by atoms with van der Waals surface area (Å²) >= 11 is 1.43. The Morgan fingerprint density at radius 1 is 1.25 bits per heavy atom. The lowest BCUT2D eigenvalue weighted by Crippen LogP contribution is -2.21. The van der Waals surface area contributed by atoms with Crippen molar-refractivity contribution in [2.24, 2.45) is 0 Å². The van der Waals surface area contributed by atoms with Crippen molar-refractivity contribution < 1.29 is 9.47 Å². The van der Waals surface area contributed by atoms with Crippen molar-refractivity contribution in [1.82, 2.24) is 15.5 Å². The SMILES string of the molecule is COc1cc(C)ccc1Oc1nnc(CNC(C)C)s1. The Labute approximate surface area is 123 Å². The van der Waals surface area contributed by atoms with Crippen molar-refractivity contribution >= 4 is 11.3 Å². The molecule has 0 amide bonds. The summed E-state index contributed by atoms with van der Waals surface area (Å²) in [4.78, 5) is 0. The molecule has 6 heteroatoms. The highest BCUT2D eigenvalue weighted by atomic mass is 32.1. The van der Waals surface area contributed by atoms with Gasteiger partial charge in [0, 0.05) is 6.04 Å². The van der Waals surface area contributed by atoms with Gasteiger partial charge in [0.2, 0.25) is 0 Å². The van der Waals surface area contributed by atoms with Crippen LogP contribution in [0.1, 0.15) is 24.4 Å². The molecular formula is C14H19N3O2S. The van der Waals surface area contributed by atoms with E-state index in [0.717, 1.165) is 10.6 Å². The Bertz CT molecular complexity index is 569. The van der Waals surface area contributed by atoms with Crippen molar-refractivity contribution in [3.8, 4) is 16.7 Å². The van der Waals surface area contributed by atoms with Crippen LogP contribution >= 0.6 is 11.3 Å². The number of aromatic nitrogens is 2. The molecule has 0 atom stereocenters. The van der Waals surface area contributed by atoms with E-state index in [-0.39, 0.29) is 0 Å². The van der Waals surface area contributed by atoms with Gasteiger partial charge in [-0.15, -0.1) is 5.10 Å². The number of nitrogens with zero attached hydrogens (tertiary/aromatic N) is 2. The van der Waals surface area contributed by atoms with E-state index in [0.29, 0.717) is 29.3 Å². The molecule has 0 radical (unpaired) electrons. The standard InChI is InChI=1S/C14H19N3O2S/c1-9(2)15-8-13-16-17-14(20-13)19-11-6-5-10(3)7-12(11)18-4/h5-7,9,15H,8H2,1-4H3. The molecule has 0 saturated heterocycles. The van der Waals surface area contributed by atoms with Gasteiger partial charge in [-0.3, -0.25) is 0 Å². The maximum absolute atomic E-state index is 5.73. The Hall–Kier alpha value is -1.66. The molecule has 0 spiro atoms. The fourth-order valence-corrected chi connectivity index (χ4v) is 2.25. The highest BCUT2D eigenvalue weighted by molar-refractivity contribution is 7.13. The van der Waals surface area contributed by atoms with E-state index < -0.39 is 0 Å². The molecule has 20 heavy (non-hydrogen) atoms. The second-order valence-corrected chi connectivity index (χ2v) is 5.78. The normalized spacial score (nSPS) is 10.8. The molecule has 2 rings (SSSR count). The van der Waals surface area contributed by atoms with E-state index in [1.165, 1.54) is 11.3 Å². The molecule has 5 nitrogen and oxygen atoms in total. The lowest BCUT2D eigenvalue weighted by Gasteiger charge is -2.08. The van der Waals surface area contributed by atoms with E-state index in [1.54, 1.807) is 7.11 Å². The monoisotopic (exact) mass is 293 g/mol. The third-order valence-electron chi connectivity index (χ3n) is 2.63. The van der Waals surface area contributed by atoms with E-state index in [4.69, 9.17) is 9.47 Å². The van der Waals surface area contributed by atoms with Gasteiger partial charge in [0.25, 0.3) is 5.19 Å². The number of rotatable bonds is 6. The molecule has 0 aliphatic rings. The molecule has 108 valence electrons. The topological polar surface area (TPSA) is 56.3 Å². The zero-order valence-electron chi connectivity index (χ0n) is 12.1. The van der Waals surface area contributed by atoms with E-state index in [9.17, 15) is 0 Å². The molecule has 0 saturated carbocycles. The van der Waals surface area contributed by atoms with E-state index in [1.807, 2.05) is 25.1 Å². The fraction of sp³-hybridized carbons (Fsp3) is 0.429. The average molecular weight is 293 g/mol. The van der Waals surface area contributed by atoms with Crippen LogP contribution in [0.3, 0.4) is 0 Å². The summed E-state index contributed by atoms with van der Waals surface area (Å²) in [5.41, 5.74) is 1.12. The van der Waals surface area contributed by atoms with Crippen molar-refractivity contribution in [2.45, 2.75) is 33.4 Å². The molecule has 0 aliphatic carbocycles. The van der Waals surface area contributed by atoms with Gasteiger partial charge in [-0.05, 0) is 24.6 Å². The van der Waals surface area contributed by atoms with Crippen LogP contribution in [0, 0.1) is 6.92 Å². The zero-order valence-corrected chi connectivity index (χ0v) is 13.0. The zero-order chi connectivity index (χ0) is 14.5. The number of methoxy groups -OCH3 is 1. The number of nitrogens with one attached hydrogen (secondary N) is 1. The molecule has 1 heterocycles. The highest BCUT2D eigenvalue weighted by Crippen LogP contribution is 2.33. The molecule has 1 N–H and O–H groups in total. The first-order chi connectivity index (χ1) is 9.58. The van der Waals surface area contributed by atoms with Gasteiger partial charge in [0.1, 0.15) is 5.01 Å². The molecule has 0 unspecified atom stereocenters. The van der Waals surface area contributed by atoms with Crippen LogP contribution in [0.4, 0.5) is 0 Å². The van der Waals surface area contributed by atoms with E-state index >= 15 is 0 Å². The quantitative estimate of drug-likeness (QED) is 0.886. The van der Waals surface area contributed by atoms with Crippen LogP contribution in [0.15, 0.2) is 18.2 Å². The van der Waals surface area contributed by atoms with Crippen molar-refractivity contribution in [3.05, 3.63) is 28.8 Å². The van der Waals surface area contributed by atoms with Gasteiger partial charge in [-0.1, -0.05) is 36.3 Å². The van der Waals surface area contributed by atoms with Crippen molar-refractivity contribution in [1.29, 1.82) is 0 Å². The van der Waals surface area contributed by atoms with Gasteiger partial charge in [-0.2, -0.15) is 0 Å². The number of benzene rings is 1. The Kier molecular flexibility index (Phi) is 4.92. The fourth-order valence-electron chi connectivity index (χ4n) is 1.60. The first kappa shape index (κ1) is 14.7. The van der Waals surface area contributed by atoms with Crippen LogP contribution in [0.5, 0.6) is 16.7 Å². The maximum Gasteiger partial charge on any atom is 0.299 e. The van der Waals surface area contributed by atoms with Crippen LogP contribution in [0.2, 0.25) is 0 Å². The largest absolute Gasteiger partial charge is 0.493 e. The van der Waals surface area contributed by atoms with Crippen LogP contribution in [-0.2, 0) is 6.54 Å². The Morgan fingerprint density at radius 2 is 2.05 bits per heavy atom. The lowest BCUT2D eigenvalue weighted by atomic mass is 10.2. The van der Waals surface area contributed by atoms with Gasteiger partial charge in [0.05, 0.1) is 13.7 Å². The second-order valence-electron chi connectivity index (χ2n) is 4.75. The molecular weight excluding hydrogens is 274 g/mol. The summed E-state index contributed by atoms with van der Waals surface area (Å²) in [5, 5.41) is 12.9. The first-order valence-electron chi connectivity index (χ1n) is 6.46. The minimum Gasteiger partial charge on any atom is -0.493 e. The summed E-state index contributed by atoms with van der Waals surface area (Å²) in [5.74, 6) is 1.35. The minimum atomic E-state index is 0.417. The predicted molar refractivity (Wildman–Crippen MR) is 79.7 cm³/mol. The highest BCUT2D eigenvalue weighted by Gasteiger charge is 2.10. The molecule has 1 aromatic carbocycles. The third kappa shape index (κ3) is 3.91. The number of ether oxygens (including phenoxy) is 2. The summed E-state index contributed by atoms with van der Waals surface area (Å²) in [6, 6.07) is 6.19. The molecule has 0 aliphatic heterocycles. The third-order valence-corrected chi connectivity index (χ3v) is 3.43. The summed E-state index contributed by atoms with van der Waals surface area (Å²) < 4.78 is 11.0. The Morgan fingerprint density at radius 3 is 2.75 bits per heavy atom. The summed E-state index contributed by atoms with van der Waals surface area (Å²) in [7, 11) is 1.62. The smallest absolute Gasteiger partial charge is 0.299 e. The molecule has 1 aromatic heterocycles. The van der Waals surface area contributed by atoms with Crippen molar-refractivity contribution in [3.63, 3.8) is 0 Å². The Balaban J connectivity index is 2.06. The van der Waals surface area contributed by atoms with Crippen molar-refractivity contribution in [2.75, 3.05) is 7.11 Å². The van der Waals surface area contributed by atoms with Crippen LogP contribution < -0.4 is 14.8 Å². The van der Waals surface area contributed by atoms with Crippen LogP contribution in [-0.4, -0.2) is 23.3 Å². The lowest BCUT2D eigenvalue weighted by molar-refractivity contribution is 0.376. The number of aryl methyl sites for hydroxylation is 1. The van der Waals surface area contributed by atoms with Gasteiger partial charge in [-0.25, -0.2) is 0 Å². The van der Waals surface area contributed by atoms with Gasteiger partial charge < -0.3 is 14.8 Å². The van der Waals surface area contributed by atoms with E-state index in [2.05, 4.69) is 29.4 Å². The summed E-state index contributed by atoms with van der Waals surface area (Å²) in [6.45, 7) is 6.89.